The van der Waals surface area contributed by atoms with E-state index in [0.717, 1.165) is 4.47 Å². The number of carbonyl (C=O) groups is 1. The minimum atomic E-state index is -0.0891. The molecule has 1 amide bonds. The van der Waals surface area contributed by atoms with Gasteiger partial charge in [0.05, 0.1) is 4.47 Å². The van der Waals surface area contributed by atoms with Crippen molar-refractivity contribution in [3.63, 3.8) is 0 Å². The van der Waals surface area contributed by atoms with Crippen LogP contribution in [-0.4, -0.2) is 40.2 Å². The number of likely N-dealkylation sites (N-methyl/N-ethyl adjacent to an activating group) is 1. The number of aromatic nitrogens is 2. The number of hydrogen-bond acceptors (Lipinski definition) is 3. The van der Waals surface area contributed by atoms with Gasteiger partial charge < -0.3 is 4.90 Å². The molecular formula is C9H12BrCl2N3O. The maximum Gasteiger partial charge on any atom is 0.237 e. The van der Waals surface area contributed by atoms with Crippen molar-refractivity contribution in [2.75, 3.05) is 19.5 Å². The number of hydrogen-bond donors (Lipinski definition) is 0. The topological polar surface area (TPSA) is 46.1 Å². The predicted octanol–water partition coefficient (Wildman–Crippen LogP) is 1.90. The zero-order valence-corrected chi connectivity index (χ0v) is 11.8. The third-order valence-electron chi connectivity index (χ3n) is 1.88. The predicted molar refractivity (Wildman–Crippen MR) is 69.0 cm³/mol. The summed E-state index contributed by atoms with van der Waals surface area (Å²) in [7, 11) is 1.71. The average molecular weight is 329 g/mol. The molecule has 4 nitrogen and oxygen atoms in total. The Hall–Kier alpha value is -0.390. The van der Waals surface area contributed by atoms with Gasteiger partial charge in [-0.2, -0.15) is 0 Å². The van der Waals surface area contributed by atoms with Crippen molar-refractivity contribution >= 4 is 45.8 Å². The fourth-order valence-corrected chi connectivity index (χ4v) is 1.37. The molecule has 1 aromatic heterocycles. The summed E-state index contributed by atoms with van der Waals surface area (Å²) in [6.45, 7) is 0.577. The molecule has 0 atom stereocenters. The summed E-state index contributed by atoms with van der Waals surface area (Å²) in [5.41, 5.74) is 0. The third-order valence-corrected chi connectivity index (χ3v) is 2.52. The first-order valence-corrected chi connectivity index (χ1v) is 5.72. The van der Waals surface area contributed by atoms with E-state index in [2.05, 4.69) is 25.9 Å². The normalized spacial score (nSPS) is 9.44. The second-order valence-corrected chi connectivity index (χ2v) is 4.20. The van der Waals surface area contributed by atoms with Gasteiger partial charge in [-0.15, -0.1) is 24.0 Å². The summed E-state index contributed by atoms with van der Waals surface area (Å²) in [6.07, 6.45) is 4.00. The summed E-state index contributed by atoms with van der Waals surface area (Å²) in [6, 6.07) is 0. The van der Waals surface area contributed by atoms with Crippen molar-refractivity contribution in [2.45, 2.75) is 6.42 Å². The highest BCUT2D eigenvalue weighted by molar-refractivity contribution is 9.10. The lowest BCUT2D eigenvalue weighted by atomic mass is 10.3. The molecule has 1 aromatic rings. The van der Waals surface area contributed by atoms with E-state index in [1.807, 2.05) is 0 Å². The average Bonchev–Trinajstić information content (AvgIpc) is 2.26. The van der Waals surface area contributed by atoms with Crippen LogP contribution in [0.2, 0.25) is 0 Å². The Labute approximate surface area is 114 Å². The second kappa shape index (κ2) is 7.81. The Morgan fingerprint density at radius 2 is 2.06 bits per heavy atom. The van der Waals surface area contributed by atoms with Crippen LogP contribution in [0.3, 0.4) is 0 Å². The fraction of sp³-hybridized carbons (Fsp3) is 0.444. The van der Waals surface area contributed by atoms with E-state index in [1.165, 1.54) is 0 Å². The summed E-state index contributed by atoms with van der Waals surface area (Å²) in [5, 5.41) is 0. The van der Waals surface area contributed by atoms with Crippen molar-refractivity contribution in [1.29, 1.82) is 0 Å². The molecule has 1 heterocycles. The Bertz CT molecular complexity index is 334. The smallest absolute Gasteiger partial charge is 0.237 e. The molecule has 16 heavy (non-hydrogen) atoms. The van der Waals surface area contributed by atoms with Crippen LogP contribution in [-0.2, 0) is 11.2 Å². The van der Waals surface area contributed by atoms with Gasteiger partial charge in [-0.05, 0) is 15.9 Å². The highest BCUT2D eigenvalue weighted by Crippen LogP contribution is 2.04. The van der Waals surface area contributed by atoms with E-state index in [0.29, 0.717) is 18.8 Å². The highest BCUT2D eigenvalue weighted by Gasteiger charge is 2.07. The first-order chi connectivity index (χ1) is 7.13. The van der Waals surface area contributed by atoms with E-state index >= 15 is 0 Å². The van der Waals surface area contributed by atoms with Crippen LogP contribution in [0, 0.1) is 0 Å². The quantitative estimate of drug-likeness (QED) is 0.793. The van der Waals surface area contributed by atoms with Crippen molar-refractivity contribution in [3.8, 4) is 0 Å². The first-order valence-electron chi connectivity index (χ1n) is 4.40. The Kier molecular flexibility index (Phi) is 7.62. The molecule has 0 aliphatic rings. The van der Waals surface area contributed by atoms with Gasteiger partial charge in [-0.25, -0.2) is 9.97 Å². The van der Waals surface area contributed by atoms with Gasteiger partial charge in [0, 0.05) is 32.4 Å². The molecule has 0 bridgehead atoms. The number of rotatable bonds is 4. The summed E-state index contributed by atoms with van der Waals surface area (Å²) in [4.78, 5) is 20.9. The zero-order chi connectivity index (χ0) is 11.3. The van der Waals surface area contributed by atoms with Crippen molar-refractivity contribution in [2.24, 2.45) is 0 Å². The van der Waals surface area contributed by atoms with Crippen LogP contribution < -0.4 is 0 Å². The van der Waals surface area contributed by atoms with Gasteiger partial charge >= 0.3 is 0 Å². The Morgan fingerprint density at radius 1 is 1.50 bits per heavy atom. The molecule has 0 radical (unpaired) electrons. The number of carbonyl (C=O) groups excluding carboxylic acids is 1. The van der Waals surface area contributed by atoms with Gasteiger partial charge in [0.15, 0.2) is 0 Å². The SMILES string of the molecule is CN(CCc1ncc(Br)cn1)C(=O)CCl.Cl. The second-order valence-electron chi connectivity index (χ2n) is 3.02. The van der Waals surface area contributed by atoms with Gasteiger partial charge in [-0.1, -0.05) is 0 Å². The minimum absolute atomic E-state index is 0. The van der Waals surface area contributed by atoms with E-state index in [9.17, 15) is 4.79 Å². The van der Waals surface area contributed by atoms with E-state index in [-0.39, 0.29) is 24.2 Å². The monoisotopic (exact) mass is 327 g/mol. The summed E-state index contributed by atoms with van der Waals surface area (Å²) < 4.78 is 0.844. The maximum absolute atomic E-state index is 11.1. The molecule has 0 unspecified atom stereocenters. The van der Waals surface area contributed by atoms with E-state index in [4.69, 9.17) is 11.6 Å². The van der Waals surface area contributed by atoms with Crippen LogP contribution in [0.15, 0.2) is 16.9 Å². The Balaban J connectivity index is 0.00000225. The molecule has 0 aliphatic heterocycles. The number of alkyl halides is 1. The largest absolute Gasteiger partial charge is 0.344 e. The first kappa shape index (κ1) is 15.6. The third kappa shape index (κ3) is 5.09. The highest BCUT2D eigenvalue weighted by atomic mass is 79.9. The molecule has 0 aliphatic carbocycles. The summed E-state index contributed by atoms with van der Waals surface area (Å²) in [5.74, 6) is 0.638. The van der Waals surface area contributed by atoms with Crippen LogP contribution in [0.25, 0.3) is 0 Å². The van der Waals surface area contributed by atoms with Gasteiger partial charge in [0.1, 0.15) is 11.7 Å². The van der Waals surface area contributed by atoms with Gasteiger partial charge in [-0.3, -0.25) is 4.79 Å². The van der Waals surface area contributed by atoms with Crippen molar-refractivity contribution in [3.05, 3.63) is 22.7 Å². The van der Waals surface area contributed by atoms with Crippen LogP contribution in [0.1, 0.15) is 5.82 Å². The lowest BCUT2D eigenvalue weighted by molar-refractivity contribution is -0.127. The molecule has 0 N–H and O–H groups in total. The minimum Gasteiger partial charge on any atom is -0.344 e. The molecule has 0 spiro atoms. The molecule has 0 saturated heterocycles. The summed E-state index contributed by atoms with van der Waals surface area (Å²) >= 11 is 8.67. The zero-order valence-electron chi connectivity index (χ0n) is 8.69. The number of halogens is 3. The molecule has 0 fully saturated rings. The van der Waals surface area contributed by atoms with Gasteiger partial charge in [0.25, 0.3) is 0 Å². The lowest BCUT2D eigenvalue weighted by Gasteiger charge is -2.14. The number of amides is 1. The molecule has 0 saturated carbocycles. The standard InChI is InChI=1S/C9H11BrClN3O.ClH/c1-14(9(15)4-11)3-2-8-12-5-7(10)6-13-8;/h5-6H,2-4H2,1H3;1H. The fourth-order valence-electron chi connectivity index (χ4n) is 0.963. The maximum atomic E-state index is 11.1. The van der Waals surface area contributed by atoms with Gasteiger partial charge in [0.2, 0.25) is 5.91 Å². The van der Waals surface area contributed by atoms with Crippen LogP contribution in [0.4, 0.5) is 0 Å². The molecule has 0 aromatic carbocycles. The Morgan fingerprint density at radius 3 is 2.56 bits per heavy atom. The molecular weight excluding hydrogens is 317 g/mol. The van der Waals surface area contributed by atoms with Crippen molar-refractivity contribution in [1.82, 2.24) is 14.9 Å². The lowest BCUT2D eigenvalue weighted by Crippen LogP contribution is -2.30. The van der Waals surface area contributed by atoms with Crippen LogP contribution >= 0.6 is 39.9 Å². The number of nitrogens with zero attached hydrogens (tertiary/aromatic N) is 3. The van der Waals surface area contributed by atoms with E-state index < -0.39 is 0 Å². The molecule has 90 valence electrons. The van der Waals surface area contributed by atoms with Crippen molar-refractivity contribution < 1.29 is 4.79 Å². The molecule has 1 rings (SSSR count). The molecule has 7 heteroatoms. The van der Waals surface area contributed by atoms with E-state index in [1.54, 1.807) is 24.3 Å². The van der Waals surface area contributed by atoms with Crippen LogP contribution in [0.5, 0.6) is 0 Å².